The van der Waals surface area contributed by atoms with Crippen molar-refractivity contribution in [2.24, 2.45) is 5.92 Å². The molecule has 1 aliphatic rings. The smallest absolute Gasteiger partial charge is 0.269 e. The van der Waals surface area contributed by atoms with E-state index in [0.717, 1.165) is 43.7 Å². The number of nitrogens with one attached hydrogen (secondary N) is 2. The fraction of sp³-hybridized carbons (Fsp3) is 0.800. The highest BCUT2D eigenvalue weighted by Gasteiger charge is 2.26. The normalized spacial score (nSPS) is 17.6. The molecule has 1 aromatic heterocycles. The number of carbonyl (C=O) groups is 1. The summed E-state index contributed by atoms with van der Waals surface area (Å²) in [6, 6.07) is 0.179. The Morgan fingerprint density at radius 1 is 1.24 bits per heavy atom. The largest absolute Gasteiger partial charge is 0.301 e. The van der Waals surface area contributed by atoms with Crippen LogP contribution in [0.15, 0.2) is 4.34 Å². The molecule has 1 atom stereocenters. The van der Waals surface area contributed by atoms with Crippen molar-refractivity contribution in [2.75, 3.05) is 25.0 Å². The van der Waals surface area contributed by atoms with E-state index >= 15 is 0 Å². The number of anilines is 1. The maximum absolute atomic E-state index is 12.5. The van der Waals surface area contributed by atoms with Crippen LogP contribution in [0.3, 0.4) is 0 Å². The molecule has 1 fully saturated rings. The van der Waals surface area contributed by atoms with Crippen molar-refractivity contribution in [3.8, 4) is 0 Å². The molecule has 8 nitrogen and oxygen atoms in total. The third kappa shape index (κ3) is 6.28. The molecule has 2 N–H and O–H groups in total. The second-order valence-corrected chi connectivity index (χ2v) is 9.70. The van der Waals surface area contributed by atoms with Crippen molar-refractivity contribution in [2.45, 2.75) is 56.8 Å². The monoisotopic (exact) mass is 389 g/mol. The lowest BCUT2D eigenvalue weighted by molar-refractivity contribution is -0.114. The zero-order chi connectivity index (χ0) is 18.4. The minimum Gasteiger partial charge on any atom is -0.301 e. The molecular formula is C15H27N5O3S2. The third-order valence-corrected chi connectivity index (χ3v) is 6.71. The lowest BCUT2D eigenvalue weighted by atomic mass is 10.00. The van der Waals surface area contributed by atoms with Crippen molar-refractivity contribution < 1.29 is 13.2 Å². The van der Waals surface area contributed by atoms with E-state index in [2.05, 4.69) is 39.0 Å². The van der Waals surface area contributed by atoms with Crippen LogP contribution < -0.4 is 10.0 Å². The number of carbonyl (C=O) groups excluding carboxylic acids is 1. The van der Waals surface area contributed by atoms with Gasteiger partial charge in [-0.1, -0.05) is 31.6 Å². The van der Waals surface area contributed by atoms with Crippen LogP contribution >= 0.6 is 11.3 Å². The van der Waals surface area contributed by atoms with E-state index in [1.54, 1.807) is 0 Å². The first-order chi connectivity index (χ1) is 11.8. The Hall–Kier alpha value is -1.10. The second-order valence-electron chi connectivity index (χ2n) is 6.79. The van der Waals surface area contributed by atoms with E-state index in [1.165, 1.54) is 13.3 Å². The lowest BCUT2D eigenvalue weighted by Gasteiger charge is -2.35. The molecule has 0 aliphatic carbocycles. The standard InChI is InChI=1S/C15H27N5O3S2/c1-11(2)9-13(20-7-5-4-6-8-20)10-16-25(22,23)15-19-18-14(24-15)17-12(3)21/h11,13,16H,4-10H2,1-3H3,(H,17,18,21). The average Bonchev–Trinajstić information content (AvgIpc) is 3.00. The van der Waals surface area contributed by atoms with Crippen LogP contribution in [0.25, 0.3) is 0 Å². The van der Waals surface area contributed by atoms with Gasteiger partial charge in [-0.3, -0.25) is 9.69 Å². The van der Waals surface area contributed by atoms with Gasteiger partial charge in [0, 0.05) is 19.5 Å². The lowest BCUT2D eigenvalue weighted by Crippen LogP contribution is -2.46. The number of amides is 1. The first-order valence-electron chi connectivity index (χ1n) is 8.62. The number of hydrogen-bond acceptors (Lipinski definition) is 7. The number of hydrogen-bond donors (Lipinski definition) is 2. The first-order valence-corrected chi connectivity index (χ1v) is 10.9. The van der Waals surface area contributed by atoms with Crippen LogP contribution in [-0.2, 0) is 14.8 Å². The summed E-state index contributed by atoms with van der Waals surface area (Å²) in [4.78, 5) is 13.4. The summed E-state index contributed by atoms with van der Waals surface area (Å²) in [6.07, 6.45) is 4.51. The quantitative estimate of drug-likeness (QED) is 0.656. The maximum atomic E-state index is 12.5. The van der Waals surface area contributed by atoms with Crippen LogP contribution in [0, 0.1) is 5.92 Å². The van der Waals surface area contributed by atoms with Crippen molar-refractivity contribution in [3.05, 3.63) is 0 Å². The van der Waals surface area contributed by atoms with E-state index in [1.807, 2.05) is 0 Å². The van der Waals surface area contributed by atoms with Gasteiger partial charge in [0.25, 0.3) is 10.0 Å². The first kappa shape index (κ1) is 20.2. The number of rotatable bonds is 8. The highest BCUT2D eigenvalue weighted by atomic mass is 32.2. The van der Waals surface area contributed by atoms with Crippen LogP contribution in [0.2, 0.25) is 0 Å². The van der Waals surface area contributed by atoms with Crippen molar-refractivity contribution in [3.63, 3.8) is 0 Å². The van der Waals surface area contributed by atoms with Crippen LogP contribution in [0.1, 0.15) is 46.5 Å². The highest BCUT2D eigenvalue weighted by Crippen LogP contribution is 2.21. The summed E-state index contributed by atoms with van der Waals surface area (Å²) in [5.41, 5.74) is 0. The van der Waals surface area contributed by atoms with Gasteiger partial charge < -0.3 is 5.32 Å². The summed E-state index contributed by atoms with van der Waals surface area (Å²) in [7, 11) is -3.73. The molecule has 10 heteroatoms. The predicted molar refractivity (Wildman–Crippen MR) is 98.1 cm³/mol. The average molecular weight is 390 g/mol. The zero-order valence-electron chi connectivity index (χ0n) is 15.0. The minimum atomic E-state index is -3.73. The number of sulfonamides is 1. The minimum absolute atomic E-state index is 0.127. The van der Waals surface area contributed by atoms with E-state index in [-0.39, 0.29) is 21.4 Å². The Balaban J connectivity index is 2.01. The van der Waals surface area contributed by atoms with E-state index < -0.39 is 10.0 Å². The number of likely N-dealkylation sites (tertiary alicyclic amines) is 1. The number of piperidine rings is 1. The molecular weight excluding hydrogens is 362 g/mol. The van der Waals surface area contributed by atoms with Crippen molar-refractivity contribution in [1.82, 2.24) is 19.8 Å². The Kier molecular flexibility index (Phi) is 7.29. The summed E-state index contributed by atoms with van der Waals surface area (Å²) in [5, 5.41) is 10.0. The predicted octanol–water partition coefficient (Wildman–Crippen LogP) is 1.68. The molecule has 1 aliphatic heterocycles. The number of aromatic nitrogens is 2. The zero-order valence-corrected chi connectivity index (χ0v) is 16.6. The molecule has 0 aromatic carbocycles. The molecule has 1 unspecified atom stereocenters. The van der Waals surface area contributed by atoms with Crippen molar-refractivity contribution in [1.29, 1.82) is 0 Å². The summed E-state index contributed by atoms with van der Waals surface area (Å²) in [6.45, 7) is 8.03. The summed E-state index contributed by atoms with van der Waals surface area (Å²) in [5.74, 6) is 0.180. The fourth-order valence-corrected chi connectivity index (χ4v) is 5.04. The van der Waals surface area contributed by atoms with Crippen LogP contribution in [0.4, 0.5) is 5.13 Å². The molecule has 2 heterocycles. The molecule has 2 rings (SSSR count). The second kappa shape index (κ2) is 9.02. The van der Waals surface area contributed by atoms with Crippen LogP contribution in [0.5, 0.6) is 0 Å². The molecule has 1 aromatic rings. The SMILES string of the molecule is CC(=O)Nc1nnc(S(=O)(=O)NCC(CC(C)C)N2CCCCC2)s1. The fourth-order valence-electron chi connectivity index (χ4n) is 2.98. The number of nitrogens with zero attached hydrogens (tertiary/aromatic N) is 3. The molecule has 0 bridgehead atoms. The van der Waals surface area contributed by atoms with Gasteiger partial charge in [-0.25, -0.2) is 13.1 Å². The molecule has 25 heavy (non-hydrogen) atoms. The van der Waals surface area contributed by atoms with Gasteiger partial charge in [0.2, 0.25) is 15.4 Å². The van der Waals surface area contributed by atoms with Gasteiger partial charge >= 0.3 is 0 Å². The van der Waals surface area contributed by atoms with Gasteiger partial charge in [0.05, 0.1) is 0 Å². The van der Waals surface area contributed by atoms with Gasteiger partial charge in [-0.15, -0.1) is 10.2 Å². The summed E-state index contributed by atoms with van der Waals surface area (Å²) < 4.78 is 27.5. The molecule has 1 saturated heterocycles. The van der Waals surface area contributed by atoms with Gasteiger partial charge in [-0.05, 0) is 38.3 Å². The van der Waals surface area contributed by atoms with E-state index in [9.17, 15) is 13.2 Å². The van der Waals surface area contributed by atoms with Gasteiger partial charge in [0.15, 0.2) is 0 Å². The van der Waals surface area contributed by atoms with Crippen LogP contribution in [-0.4, -0.2) is 55.1 Å². The molecule has 0 radical (unpaired) electrons. The molecule has 1 amide bonds. The van der Waals surface area contributed by atoms with Gasteiger partial charge in [-0.2, -0.15) is 0 Å². The van der Waals surface area contributed by atoms with Crippen molar-refractivity contribution >= 4 is 32.4 Å². The molecule has 142 valence electrons. The topological polar surface area (TPSA) is 104 Å². The Morgan fingerprint density at radius 3 is 2.52 bits per heavy atom. The van der Waals surface area contributed by atoms with E-state index in [0.29, 0.717) is 12.5 Å². The third-order valence-electron chi connectivity index (χ3n) is 4.08. The Morgan fingerprint density at radius 2 is 1.92 bits per heavy atom. The highest BCUT2D eigenvalue weighted by molar-refractivity contribution is 7.91. The molecule has 0 saturated carbocycles. The Bertz CT molecular complexity index is 668. The maximum Gasteiger partial charge on any atom is 0.269 e. The molecule has 0 spiro atoms. The summed E-state index contributed by atoms with van der Waals surface area (Å²) >= 11 is 0.851. The van der Waals surface area contributed by atoms with Gasteiger partial charge in [0.1, 0.15) is 0 Å². The van der Waals surface area contributed by atoms with E-state index in [4.69, 9.17) is 0 Å². The Labute approximate surface area is 153 Å².